The smallest absolute Gasteiger partial charge is 0.426 e. The summed E-state index contributed by atoms with van der Waals surface area (Å²) in [5, 5.41) is 2.33. The van der Waals surface area contributed by atoms with Crippen LogP contribution in [0.4, 0.5) is 13.2 Å². The van der Waals surface area contributed by atoms with Gasteiger partial charge in [0.2, 0.25) is 5.60 Å². The Bertz CT molecular complexity index is 621. The summed E-state index contributed by atoms with van der Waals surface area (Å²) in [4.78, 5) is 12.5. The second kappa shape index (κ2) is 8.08. The van der Waals surface area contributed by atoms with Crippen LogP contribution in [-0.4, -0.2) is 24.3 Å². The van der Waals surface area contributed by atoms with Gasteiger partial charge in [0.05, 0.1) is 6.54 Å². The average Bonchev–Trinajstić information content (AvgIpc) is 2.83. The van der Waals surface area contributed by atoms with Gasteiger partial charge in [-0.05, 0) is 38.3 Å². The fourth-order valence-electron chi connectivity index (χ4n) is 2.87. The second-order valence-electron chi connectivity index (χ2n) is 6.30. The Morgan fingerprint density at radius 2 is 2.16 bits per heavy atom. The molecule has 1 aromatic heterocycles. The monoisotopic (exact) mass is 359 g/mol. The van der Waals surface area contributed by atoms with E-state index in [1.807, 2.05) is 6.92 Å². The molecule has 0 spiro atoms. The number of halogens is 3. The van der Waals surface area contributed by atoms with Crippen LogP contribution in [0.1, 0.15) is 50.5 Å². The van der Waals surface area contributed by atoms with Crippen molar-refractivity contribution in [2.24, 2.45) is 0 Å². The maximum Gasteiger partial charge on any atom is 0.426 e. The Kier molecular flexibility index (Phi) is 6.32. The highest BCUT2D eigenvalue weighted by atomic mass is 19.4. The van der Waals surface area contributed by atoms with E-state index < -0.39 is 24.1 Å². The number of unbranched alkanes of at least 4 members (excludes halogenated alkanes) is 1. The van der Waals surface area contributed by atoms with Gasteiger partial charge in [-0.25, -0.2) is 0 Å². The predicted molar refractivity (Wildman–Crippen MR) is 86.9 cm³/mol. The first-order valence-electron chi connectivity index (χ1n) is 8.50. The molecule has 0 aliphatic carbocycles. The standard InChI is InChI=1S/C18H24F3NO3/c1-3-4-6-14-7-5-10-24-17(11-14,18(19,20)21)16(23)22-12-15-9-8-13(2)25-15/h6,8-9H,3-5,7,10-12H2,1-2H3,(H,22,23)/b14-6+. The molecule has 140 valence electrons. The van der Waals surface area contributed by atoms with Gasteiger partial charge in [0, 0.05) is 13.0 Å². The molecule has 1 unspecified atom stereocenters. The first-order chi connectivity index (χ1) is 11.8. The number of carbonyl (C=O) groups excluding carboxylic acids is 1. The molecule has 0 bridgehead atoms. The molecule has 0 aromatic carbocycles. The van der Waals surface area contributed by atoms with Crippen molar-refractivity contribution >= 4 is 5.91 Å². The Morgan fingerprint density at radius 3 is 2.76 bits per heavy atom. The number of ether oxygens (including phenoxy) is 1. The van der Waals surface area contributed by atoms with Gasteiger partial charge in [-0.2, -0.15) is 13.2 Å². The number of allylic oxidation sites excluding steroid dienone is 1. The number of aryl methyl sites for hydroxylation is 1. The van der Waals surface area contributed by atoms with Crippen molar-refractivity contribution < 1.29 is 27.1 Å². The molecular weight excluding hydrogens is 335 g/mol. The third-order valence-electron chi connectivity index (χ3n) is 4.23. The number of nitrogens with one attached hydrogen (secondary N) is 1. The molecule has 1 aliphatic heterocycles. The van der Waals surface area contributed by atoms with Crippen molar-refractivity contribution in [3.8, 4) is 0 Å². The zero-order chi connectivity index (χ0) is 18.5. The summed E-state index contributed by atoms with van der Waals surface area (Å²) in [6.45, 7) is 3.47. The Morgan fingerprint density at radius 1 is 1.40 bits per heavy atom. The number of hydrogen-bond donors (Lipinski definition) is 1. The van der Waals surface area contributed by atoms with E-state index in [-0.39, 0.29) is 13.2 Å². The van der Waals surface area contributed by atoms with Crippen molar-refractivity contribution in [3.05, 3.63) is 35.3 Å². The summed E-state index contributed by atoms with van der Waals surface area (Å²) >= 11 is 0. The van der Waals surface area contributed by atoms with Crippen LogP contribution in [0.25, 0.3) is 0 Å². The number of alkyl halides is 3. The fourth-order valence-corrected chi connectivity index (χ4v) is 2.87. The highest BCUT2D eigenvalue weighted by Crippen LogP contribution is 2.41. The van der Waals surface area contributed by atoms with E-state index in [4.69, 9.17) is 9.15 Å². The van der Waals surface area contributed by atoms with E-state index in [2.05, 4.69) is 5.32 Å². The summed E-state index contributed by atoms with van der Waals surface area (Å²) in [6, 6.07) is 3.31. The highest BCUT2D eigenvalue weighted by Gasteiger charge is 2.62. The lowest BCUT2D eigenvalue weighted by Gasteiger charge is -2.33. The normalized spacial score (nSPS) is 23.5. The minimum absolute atomic E-state index is 0.101. The number of hydrogen-bond acceptors (Lipinski definition) is 3. The predicted octanol–water partition coefficient (Wildman–Crippen LogP) is 4.43. The Hall–Kier alpha value is -1.76. The number of amides is 1. The number of carbonyl (C=O) groups is 1. The first kappa shape index (κ1) is 19.6. The summed E-state index contributed by atoms with van der Waals surface area (Å²) in [5.74, 6) is -0.137. The lowest BCUT2D eigenvalue weighted by molar-refractivity contribution is -0.265. The van der Waals surface area contributed by atoms with Gasteiger partial charge in [0.1, 0.15) is 11.5 Å². The van der Waals surface area contributed by atoms with E-state index in [0.717, 1.165) is 6.42 Å². The lowest BCUT2D eigenvalue weighted by Crippen LogP contribution is -2.58. The first-order valence-corrected chi connectivity index (χ1v) is 8.50. The van der Waals surface area contributed by atoms with Crippen LogP contribution in [-0.2, 0) is 16.1 Å². The van der Waals surface area contributed by atoms with Crippen molar-refractivity contribution in [3.63, 3.8) is 0 Å². The summed E-state index contributed by atoms with van der Waals surface area (Å²) in [7, 11) is 0. The second-order valence-corrected chi connectivity index (χ2v) is 6.30. The highest BCUT2D eigenvalue weighted by molar-refractivity contribution is 5.86. The quantitative estimate of drug-likeness (QED) is 0.791. The SMILES string of the molecule is CCC/C=C1\CCCOC(C(=O)NCc2ccc(C)o2)(C(F)(F)F)C1. The Labute approximate surface area is 145 Å². The van der Waals surface area contributed by atoms with Gasteiger partial charge < -0.3 is 14.5 Å². The summed E-state index contributed by atoms with van der Waals surface area (Å²) in [5.41, 5.74) is -2.22. The fraction of sp³-hybridized carbons (Fsp3) is 0.611. The van der Waals surface area contributed by atoms with Gasteiger partial charge in [-0.1, -0.05) is 25.0 Å². The molecule has 0 radical (unpaired) electrons. The van der Waals surface area contributed by atoms with E-state index in [0.29, 0.717) is 36.4 Å². The van der Waals surface area contributed by atoms with Crippen LogP contribution in [0.15, 0.2) is 28.2 Å². The molecule has 1 aromatic rings. The molecule has 0 saturated carbocycles. The third-order valence-corrected chi connectivity index (χ3v) is 4.23. The molecular formula is C18H24F3NO3. The van der Waals surface area contributed by atoms with Crippen LogP contribution >= 0.6 is 0 Å². The van der Waals surface area contributed by atoms with Crippen molar-refractivity contribution in [1.82, 2.24) is 5.32 Å². The number of furan rings is 1. The van der Waals surface area contributed by atoms with Crippen LogP contribution in [0, 0.1) is 6.92 Å². The molecule has 25 heavy (non-hydrogen) atoms. The van der Waals surface area contributed by atoms with Gasteiger partial charge in [-0.3, -0.25) is 4.79 Å². The maximum absolute atomic E-state index is 13.8. The topological polar surface area (TPSA) is 51.5 Å². The van der Waals surface area contributed by atoms with Gasteiger partial charge in [0.15, 0.2) is 0 Å². The van der Waals surface area contributed by atoms with E-state index in [9.17, 15) is 18.0 Å². The molecule has 1 aliphatic rings. The van der Waals surface area contributed by atoms with E-state index in [1.54, 1.807) is 25.1 Å². The Balaban J connectivity index is 2.21. The van der Waals surface area contributed by atoms with Crippen molar-refractivity contribution in [2.45, 2.75) is 64.3 Å². The van der Waals surface area contributed by atoms with Crippen molar-refractivity contribution in [1.29, 1.82) is 0 Å². The van der Waals surface area contributed by atoms with Gasteiger partial charge in [-0.15, -0.1) is 0 Å². The minimum atomic E-state index is -4.80. The van der Waals surface area contributed by atoms with Crippen LogP contribution in [0.2, 0.25) is 0 Å². The van der Waals surface area contributed by atoms with Gasteiger partial charge in [0.25, 0.3) is 5.91 Å². The third kappa shape index (κ3) is 4.66. The molecule has 1 atom stereocenters. The summed E-state index contributed by atoms with van der Waals surface area (Å²) < 4.78 is 51.9. The molecule has 1 N–H and O–H groups in total. The molecule has 1 saturated heterocycles. The van der Waals surface area contributed by atoms with E-state index in [1.165, 1.54) is 0 Å². The lowest BCUT2D eigenvalue weighted by atomic mass is 9.90. The largest absolute Gasteiger partial charge is 0.465 e. The molecule has 1 amide bonds. The van der Waals surface area contributed by atoms with E-state index >= 15 is 0 Å². The van der Waals surface area contributed by atoms with Crippen LogP contribution < -0.4 is 5.32 Å². The maximum atomic E-state index is 13.8. The number of rotatable bonds is 5. The molecule has 4 nitrogen and oxygen atoms in total. The molecule has 2 rings (SSSR count). The molecule has 1 fully saturated rings. The zero-order valence-electron chi connectivity index (χ0n) is 14.5. The van der Waals surface area contributed by atoms with Gasteiger partial charge >= 0.3 is 6.18 Å². The average molecular weight is 359 g/mol. The summed E-state index contributed by atoms with van der Waals surface area (Å²) in [6.07, 6.45) is -0.936. The molecule has 7 heteroatoms. The molecule has 2 heterocycles. The minimum Gasteiger partial charge on any atom is -0.465 e. The van der Waals surface area contributed by atoms with Crippen molar-refractivity contribution in [2.75, 3.05) is 6.61 Å². The van der Waals surface area contributed by atoms with Crippen LogP contribution in [0.5, 0.6) is 0 Å². The zero-order valence-corrected chi connectivity index (χ0v) is 14.5. The van der Waals surface area contributed by atoms with Crippen LogP contribution in [0.3, 0.4) is 0 Å².